The van der Waals surface area contributed by atoms with Crippen molar-refractivity contribution in [1.82, 2.24) is 5.32 Å². The molecule has 3 nitrogen and oxygen atoms in total. The highest BCUT2D eigenvalue weighted by Gasteiger charge is 2.23. The van der Waals surface area contributed by atoms with Gasteiger partial charge in [0.15, 0.2) is 0 Å². The average Bonchev–Trinajstić information content (AvgIpc) is 2.93. The van der Waals surface area contributed by atoms with Crippen molar-refractivity contribution < 1.29 is 13.6 Å². The van der Waals surface area contributed by atoms with Crippen LogP contribution < -0.4 is 5.32 Å². The summed E-state index contributed by atoms with van der Waals surface area (Å²) < 4.78 is 18.2. The maximum absolute atomic E-state index is 13.3. The van der Waals surface area contributed by atoms with Crippen LogP contribution in [0.3, 0.4) is 0 Å². The van der Waals surface area contributed by atoms with Crippen LogP contribution >= 0.6 is 11.8 Å². The van der Waals surface area contributed by atoms with Crippen molar-refractivity contribution in [2.45, 2.75) is 17.4 Å². The summed E-state index contributed by atoms with van der Waals surface area (Å²) in [7, 11) is 0. The predicted octanol–water partition coefficient (Wildman–Crippen LogP) is 3.39. The van der Waals surface area contributed by atoms with Gasteiger partial charge < -0.3 is 9.73 Å². The van der Waals surface area contributed by atoms with Gasteiger partial charge in [0.25, 0.3) is 5.91 Å². The molecule has 2 aromatic rings. The molecule has 1 aliphatic heterocycles. The highest BCUT2D eigenvalue weighted by Crippen LogP contribution is 2.36. The van der Waals surface area contributed by atoms with Crippen molar-refractivity contribution >= 4 is 17.7 Å². The SMILES string of the molecule is O=C(NC1CCSc2ccc(F)cc21)c1ccoc1. The normalized spacial score (nSPS) is 17.8. The predicted molar refractivity (Wildman–Crippen MR) is 70.7 cm³/mol. The maximum atomic E-state index is 13.3. The van der Waals surface area contributed by atoms with E-state index < -0.39 is 0 Å². The number of benzene rings is 1. The molecule has 1 amide bonds. The summed E-state index contributed by atoms with van der Waals surface area (Å²) in [6.45, 7) is 0. The van der Waals surface area contributed by atoms with Crippen molar-refractivity contribution in [3.05, 3.63) is 53.7 Å². The molecule has 1 aromatic carbocycles. The summed E-state index contributed by atoms with van der Waals surface area (Å²) in [5.41, 5.74) is 1.34. The largest absolute Gasteiger partial charge is 0.472 e. The summed E-state index contributed by atoms with van der Waals surface area (Å²) in [6.07, 6.45) is 3.66. The first kappa shape index (κ1) is 12.3. The Balaban J connectivity index is 1.84. The number of hydrogen-bond acceptors (Lipinski definition) is 3. The van der Waals surface area contributed by atoms with Crippen molar-refractivity contribution in [2.24, 2.45) is 0 Å². The van der Waals surface area contributed by atoms with E-state index in [1.165, 1.54) is 24.7 Å². The summed E-state index contributed by atoms with van der Waals surface area (Å²) in [4.78, 5) is 13.0. The van der Waals surface area contributed by atoms with Gasteiger partial charge in [0.05, 0.1) is 17.9 Å². The summed E-state index contributed by atoms with van der Waals surface area (Å²) in [6, 6.07) is 6.19. The van der Waals surface area contributed by atoms with Crippen LogP contribution in [-0.2, 0) is 0 Å². The number of fused-ring (bicyclic) bond motifs is 1. The Kier molecular flexibility index (Phi) is 3.29. The zero-order chi connectivity index (χ0) is 13.2. The van der Waals surface area contributed by atoms with Crippen LogP contribution in [0.4, 0.5) is 4.39 Å². The summed E-state index contributed by atoms with van der Waals surface area (Å²) >= 11 is 1.69. The third kappa shape index (κ3) is 2.51. The molecule has 2 heterocycles. The van der Waals surface area contributed by atoms with Gasteiger partial charge in [-0.3, -0.25) is 4.79 Å². The molecular formula is C14H12FNO2S. The van der Waals surface area contributed by atoms with Gasteiger partial charge in [-0.2, -0.15) is 0 Å². The monoisotopic (exact) mass is 277 g/mol. The fraction of sp³-hybridized carbons (Fsp3) is 0.214. The van der Waals surface area contributed by atoms with E-state index in [1.54, 1.807) is 23.9 Å². The van der Waals surface area contributed by atoms with E-state index in [0.29, 0.717) is 5.56 Å². The third-order valence-electron chi connectivity index (χ3n) is 3.10. The smallest absolute Gasteiger partial charge is 0.255 e. The number of carbonyl (C=O) groups excluding carboxylic acids is 1. The van der Waals surface area contributed by atoms with Gasteiger partial charge in [-0.25, -0.2) is 4.39 Å². The van der Waals surface area contributed by atoms with Crippen molar-refractivity contribution in [1.29, 1.82) is 0 Å². The summed E-state index contributed by atoms with van der Waals surface area (Å²) in [5, 5.41) is 2.93. The first-order valence-electron chi connectivity index (χ1n) is 5.99. The number of rotatable bonds is 2. The Morgan fingerprint density at radius 2 is 2.32 bits per heavy atom. The van der Waals surface area contributed by atoms with Crippen LogP contribution in [0.1, 0.15) is 28.4 Å². The van der Waals surface area contributed by atoms with Gasteiger partial charge in [-0.15, -0.1) is 11.8 Å². The Morgan fingerprint density at radius 1 is 1.42 bits per heavy atom. The standard InChI is InChI=1S/C14H12FNO2S/c15-10-1-2-13-11(7-10)12(4-6-19-13)16-14(17)9-3-5-18-8-9/h1-3,5,7-8,12H,4,6H2,(H,16,17). The Morgan fingerprint density at radius 3 is 3.11 bits per heavy atom. The maximum Gasteiger partial charge on any atom is 0.255 e. The molecule has 0 saturated carbocycles. The second kappa shape index (κ2) is 5.09. The van der Waals surface area contributed by atoms with Gasteiger partial charge in [0, 0.05) is 10.6 Å². The molecule has 0 radical (unpaired) electrons. The van der Waals surface area contributed by atoms with Crippen LogP contribution in [0.15, 0.2) is 46.1 Å². The topological polar surface area (TPSA) is 42.2 Å². The Labute approximate surface area is 114 Å². The molecule has 0 fully saturated rings. The molecule has 0 saturated heterocycles. The fourth-order valence-electron chi connectivity index (χ4n) is 2.15. The summed E-state index contributed by atoms with van der Waals surface area (Å²) in [5.74, 6) is 0.444. The van der Waals surface area contributed by atoms with Gasteiger partial charge in [-0.05, 0) is 36.2 Å². The van der Waals surface area contributed by atoms with E-state index in [9.17, 15) is 9.18 Å². The number of nitrogens with one attached hydrogen (secondary N) is 1. The molecular weight excluding hydrogens is 265 g/mol. The number of amides is 1. The van der Waals surface area contributed by atoms with Crippen molar-refractivity contribution in [3.63, 3.8) is 0 Å². The second-order valence-corrected chi connectivity index (χ2v) is 5.49. The minimum atomic E-state index is -0.274. The van der Waals surface area contributed by atoms with Gasteiger partial charge in [0.2, 0.25) is 0 Å². The minimum absolute atomic E-state index is 0.144. The van der Waals surface area contributed by atoms with Crippen LogP contribution in [0.5, 0.6) is 0 Å². The first-order valence-corrected chi connectivity index (χ1v) is 6.98. The molecule has 1 unspecified atom stereocenters. The molecule has 1 atom stereocenters. The van der Waals surface area contributed by atoms with Crippen LogP contribution in [0.2, 0.25) is 0 Å². The lowest BCUT2D eigenvalue weighted by molar-refractivity contribution is 0.0934. The zero-order valence-electron chi connectivity index (χ0n) is 10.1. The molecule has 3 rings (SSSR count). The Bertz CT molecular complexity index is 597. The lowest BCUT2D eigenvalue weighted by atomic mass is 10.0. The second-order valence-electron chi connectivity index (χ2n) is 4.36. The van der Waals surface area contributed by atoms with Gasteiger partial charge in [-0.1, -0.05) is 0 Å². The van der Waals surface area contributed by atoms with Crippen LogP contribution in [0.25, 0.3) is 0 Å². The number of furan rings is 1. The van der Waals surface area contributed by atoms with Crippen LogP contribution in [-0.4, -0.2) is 11.7 Å². The number of carbonyl (C=O) groups is 1. The third-order valence-corrected chi connectivity index (χ3v) is 4.22. The van der Waals surface area contributed by atoms with Gasteiger partial charge in [0.1, 0.15) is 12.1 Å². The highest BCUT2D eigenvalue weighted by molar-refractivity contribution is 7.99. The van der Waals surface area contributed by atoms with E-state index in [1.807, 2.05) is 0 Å². The molecule has 1 aliphatic rings. The van der Waals surface area contributed by atoms with E-state index >= 15 is 0 Å². The quantitative estimate of drug-likeness (QED) is 0.915. The molecule has 5 heteroatoms. The first-order chi connectivity index (χ1) is 9.24. The lowest BCUT2D eigenvalue weighted by Crippen LogP contribution is -2.30. The number of halogens is 1. The average molecular weight is 277 g/mol. The molecule has 19 heavy (non-hydrogen) atoms. The van der Waals surface area contributed by atoms with E-state index in [2.05, 4.69) is 5.32 Å². The van der Waals surface area contributed by atoms with E-state index in [0.717, 1.165) is 22.6 Å². The molecule has 1 N–H and O–H groups in total. The van der Waals surface area contributed by atoms with Crippen LogP contribution in [0, 0.1) is 5.82 Å². The van der Waals surface area contributed by atoms with E-state index in [4.69, 9.17) is 4.42 Å². The van der Waals surface area contributed by atoms with Gasteiger partial charge >= 0.3 is 0 Å². The fourth-order valence-corrected chi connectivity index (χ4v) is 3.26. The highest BCUT2D eigenvalue weighted by atomic mass is 32.2. The Hall–Kier alpha value is -1.75. The van der Waals surface area contributed by atoms with E-state index in [-0.39, 0.29) is 17.8 Å². The van der Waals surface area contributed by atoms with Crippen molar-refractivity contribution in [3.8, 4) is 0 Å². The number of thioether (sulfide) groups is 1. The number of hydrogen-bond donors (Lipinski definition) is 1. The molecule has 98 valence electrons. The van der Waals surface area contributed by atoms with Crippen molar-refractivity contribution in [2.75, 3.05) is 5.75 Å². The zero-order valence-corrected chi connectivity index (χ0v) is 10.9. The molecule has 0 bridgehead atoms. The molecule has 0 spiro atoms. The lowest BCUT2D eigenvalue weighted by Gasteiger charge is -2.25. The minimum Gasteiger partial charge on any atom is -0.472 e. The molecule has 0 aliphatic carbocycles. The molecule has 1 aromatic heterocycles.